The number of allylic oxidation sites excluding steroid dienone is 12. The average Bonchev–Trinajstić information content (AvgIpc) is 3.70. The lowest BCUT2D eigenvalue weighted by Gasteiger charge is -2.38. The van der Waals surface area contributed by atoms with Gasteiger partial charge in [-0.1, -0.05) is 104 Å². The molecule has 4 aromatic rings. The smallest absolute Gasteiger partial charge is 0.0494 e. The monoisotopic (exact) mass is 662 g/mol. The van der Waals surface area contributed by atoms with Crippen LogP contribution >= 0.6 is 0 Å². The fourth-order valence-corrected chi connectivity index (χ4v) is 9.82. The minimum atomic E-state index is 0.0376. The molecule has 0 radical (unpaired) electrons. The van der Waals surface area contributed by atoms with Gasteiger partial charge in [0.2, 0.25) is 0 Å². The maximum Gasteiger partial charge on any atom is 0.0494 e. The molecule has 0 spiro atoms. The number of fused-ring (bicyclic) bond motifs is 6. The number of hydrogen-bond acceptors (Lipinski definition) is 0. The normalized spacial score (nSPS) is 22.8. The first-order valence-electron chi connectivity index (χ1n) is 19.3. The van der Waals surface area contributed by atoms with Crippen LogP contribution in [0.1, 0.15) is 90.5 Å². The summed E-state index contributed by atoms with van der Waals surface area (Å²) >= 11 is 0. The van der Waals surface area contributed by atoms with E-state index in [9.17, 15) is 0 Å². The van der Waals surface area contributed by atoms with Gasteiger partial charge < -0.3 is 9.13 Å². The fourth-order valence-electron chi connectivity index (χ4n) is 9.82. The molecule has 0 amide bonds. The molecule has 2 unspecified atom stereocenters. The van der Waals surface area contributed by atoms with Crippen molar-refractivity contribution in [3.63, 3.8) is 0 Å². The molecule has 10 rings (SSSR count). The van der Waals surface area contributed by atoms with Crippen molar-refractivity contribution in [1.82, 2.24) is 9.13 Å². The van der Waals surface area contributed by atoms with Crippen LogP contribution in [-0.4, -0.2) is 9.13 Å². The summed E-state index contributed by atoms with van der Waals surface area (Å²) in [5, 5.41) is 0. The fraction of sp³-hybridized carbons (Fsp3) is 0.265. The average molecular weight is 663 g/mol. The van der Waals surface area contributed by atoms with E-state index in [4.69, 9.17) is 0 Å². The Hall–Kier alpha value is -5.08. The van der Waals surface area contributed by atoms with E-state index in [1.807, 2.05) is 0 Å². The van der Waals surface area contributed by atoms with Crippen LogP contribution in [0.4, 0.5) is 0 Å². The third kappa shape index (κ3) is 5.14. The molecular weight excluding hydrogens is 617 g/mol. The highest BCUT2D eigenvalue weighted by molar-refractivity contribution is 5.75. The second kappa shape index (κ2) is 12.3. The highest BCUT2D eigenvalue weighted by atomic mass is 15.0. The number of hydrogen-bond donors (Lipinski definition) is 0. The van der Waals surface area contributed by atoms with Gasteiger partial charge >= 0.3 is 0 Å². The molecule has 2 heterocycles. The van der Waals surface area contributed by atoms with Gasteiger partial charge in [-0.3, -0.25) is 0 Å². The van der Waals surface area contributed by atoms with Crippen molar-refractivity contribution in [1.29, 1.82) is 0 Å². The van der Waals surface area contributed by atoms with Gasteiger partial charge in [-0.05, 0) is 157 Å². The van der Waals surface area contributed by atoms with Crippen molar-refractivity contribution in [2.45, 2.75) is 71.1 Å². The second-order valence-electron chi connectivity index (χ2n) is 15.6. The molecule has 2 heteroatoms. The zero-order valence-electron chi connectivity index (χ0n) is 29.7. The first-order valence-corrected chi connectivity index (χ1v) is 19.3. The van der Waals surface area contributed by atoms with Crippen LogP contribution < -0.4 is 0 Å². The Morgan fingerprint density at radius 3 is 2.10 bits per heavy atom. The molecule has 2 aromatic heterocycles. The van der Waals surface area contributed by atoms with Crippen LogP contribution in [0.3, 0.4) is 0 Å². The topological polar surface area (TPSA) is 9.86 Å². The quantitative estimate of drug-likeness (QED) is 0.201. The van der Waals surface area contributed by atoms with Crippen molar-refractivity contribution in [3.8, 4) is 16.8 Å². The van der Waals surface area contributed by atoms with E-state index >= 15 is 0 Å². The Bertz CT molecular complexity index is 2300. The molecule has 0 fully saturated rings. The summed E-state index contributed by atoms with van der Waals surface area (Å²) in [6.45, 7) is 2.53. The lowest BCUT2D eigenvalue weighted by atomic mass is 9.66. The Morgan fingerprint density at radius 1 is 0.608 bits per heavy atom. The Morgan fingerprint density at radius 2 is 1.33 bits per heavy atom. The van der Waals surface area contributed by atoms with E-state index in [0.29, 0.717) is 5.92 Å². The molecule has 252 valence electrons. The van der Waals surface area contributed by atoms with Crippen molar-refractivity contribution < 1.29 is 0 Å². The van der Waals surface area contributed by atoms with E-state index in [-0.39, 0.29) is 5.41 Å². The Balaban J connectivity index is 0.994. The van der Waals surface area contributed by atoms with Gasteiger partial charge in [-0.15, -0.1) is 0 Å². The molecule has 0 saturated heterocycles. The molecule has 6 aliphatic rings. The molecule has 2 atom stereocenters. The molecule has 0 saturated carbocycles. The third-order valence-corrected chi connectivity index (χ3v) is 12.6. The van der Waals surface area contributed by atoms with Gasteiger partial charge in [0.15, 0.2) is 0 Å². The summed E-state index contributed by atoms with van der Waals surface area (Å²) in [5.74, 6) is 0.440. The van der Waals surface area contributed by atoms with Crippen molar-refractivity contribution in [2.75, 3.05) is 0 Å². The molecule has 0 aliphatic heterocycles. The van der Waals surface area contributed by atoms with Gasteiger partial charge in [0, 0.05) is 34.2 Å². The number of nitrogens with zero attached hydrogens (tertiary/aromatic N) is 2. The lowest BCUT2D eigenvalue weighted by Crippen LogP contribution is -2.32. The number of benzene rings is 2. The highest BCUT2D eigenvalue weighted by Gasteiger charge is 2.40. The Labute approximate surface area is 302 Å². The molecule has 0 bridgehead atoms. The largest absolute Gasteiger partial charge is 0.317 e. The maximum atomic E-state index is 2.69. The molecule has 51 heavy (non-hydrogen) atoms. The van der Waals surface area contributed by atoms with E-state index in [1.54, 1.807) is 16.7 Å². The van der Waals surface area contributed by atoms with Gasteiger partial charge in [-0.2, -0.15) is 0 Å². The highest BCUT2D eigenvalue weighted by Crippen LogP contribution is 2.49. The molecule has 6 aliphatic carbocycles. The van der Waals surface area contributed by atoms with E-state index in [1.165, 1.54) is 68.4 Å². The van der Waals surface area contributed by atoms with Crippen molar-refractivity contribution in [2.24, 2.45) is 11.3 Å². The SMILES string of the molecule is CC1(C2C=Cc3c(c4c(n3-c3ccc(-c5ccccc5)cc3)C=CCC4)C2)C=Cc2c3c(n(C4=CC=C(C5=CC=CCC5)CC4)c2C1)C=CCC3. The van der Waals surface area contributed by atoms with Gasteiger partial charge in [0.05, 0.1) is 0 Å². The molecule has 2 aromatic carbocycles. The minimum Gasteiger partial charge on any atom is -0.317 e. The predicted octanol–water partition coefficient (Wildman–Crippen LogP) is 12.2. The predicted molar refractivity (Wildman–Crippen MR) is 215 cm³/mol. The summed E-state index contributed by atoms with van der Waals surface area (Å²) in [7, 11) is 0. The summed E-state index contributed by atoms with van der Waals surface area (Å²) in [6.07, 6.45) is 42.6. The van der Waals surface area contributed by atoms with Gasteiger partial charge in [-0.25, -0.2) is 0 Å². The summed E-state index contributed by atoms with van der Waals surface area (Å²) in [5.41, 5.74) is 20.2. The zero-order valence-corrected chi connectivity index (χ0v) is 29.7. The molecule has 0 N–H and O–H groups in total. The number of aromatic nitrogens is 2. The summed E-state index contributed by atoms with van der Waals surface area (Å²) < 4.78 is 5.21. The van der Waals surface area contributed by atoms with Crippen LogP contribution in [0.25, 0.3) is 46.8 Å². The molecule has 2 nitrogen and oxygen atoms in total. The summed E-state index contributed by atoms with van der Waals surface area (Å²) in [4.78, 5) is 0. The standard InChI is InChI=1S/C49H46N2/c1-49(31-30-43-41-16-8-10-18-45(41)51(48(43)33-49)40-27-22-37(23-28-40)35-14-6-3-7-15-35)38-24-29-47-44(32-38)42-17-9-11-19-46(42)50(47)39-25-20-36(21-26-39)34-12-4-2-5-13-34/h2-6,10-14,18-22,24-27,29-31,38H,7-9,15-17,23,28,32-33H2,1H3. The van der Waals surface area contributed by atoms with Crippen LogP contribution in [0.2, 0.25) is 0 Å². The zero-order chi connectivity index (χ0) is 33.9. The van der Waals surface area contributed by atoms with E-state index < -0.39 is 0 Å². The van der Waals surface area contributed by atoms with Gasteiger partial charge in [0.1, 0.15) is 0 Å². The van der Waals surface area contributed by atoms with Crippen LogP contribution in [-0.2, 0) is 25.7 Å². The van der Waals surface area contributed by atoms with Crippen molar-refractivity contribution in [3.05, 3.63) is 165 Å². The Kier molecular flexibility index (Phi) is 7.41. The van der Waals surface area contributed by atoms with Gasteiger partial charge in [0.25, 0.3) is 0 Å². The maximum absolute atomic E-state index is 2.69. The second-order valence-corrected chi connectivity index (χ2v) is 15.6. The first-order chi connectivity index (χ1) is 25.1. The van der Waals surface area contributed by atoms with Crippen LogP contribution in [0.5, 0.6) is 0 Å². The number of rotatable bonds is 5. The van der Waals surface area contributed by atoms with Crippen LogP contribution in [0, 0.1) is 11.3 Å². The minimum absolute atomic E-state index is 0.0376. The summed E-state index contributed by atoms with van der Waals surface area (Å²) in [6, 6.07) is 19.9. The lowest BCUT2D eigenvalue weighted by molar-refractivity contribution is 0.296. The third-order valence-electron chi connectivity index (χ3n) is 12.6. The van der Waals surface area contributed by atoms with E-state index in [0.717, 1.165) is 57.8 Å². The van der Waals surface area contributed by atoms with E-state index in [2.05, 4.69) is 150 Å². The van der Waals surface area contributed by atoms with Crippen molar-refractivity contribution >= 4 is 30.0 Å². The molecular formula is C49H46N2. The first kappa shape index (κ1) is 30.7. The van der Waals surface area contributed by atoms with Crippen LogP contribution in [0.15, 0.2) is 120 Å².